The zero-order chi connectivity index (χ0) is 10.7. The number of nitrogens with zero attached hydrogens (tertiary/aromatic N) is 1. The molecule has 2 atom stereocenters. The summed E-state index contributed by atoms with van der Waals surface area (Å²) in [6.07, 6.45) is 2.75. The highest BCUT2D eigenvalue weighted by atomic mass is 16.5. The summed E-state index contributed by atoms with van der Waals surface area (Å²) in [5.41, 5.74) is 0. The van der Waals surface area contributed by atoms with Gasteiger partial charge >= 0.3 is 0 Å². The fourth-order valence-electron chi connectivity index (χ4n) is 2.85. The number of ether oxygens (including phenoxy) is 1. The molecule has 0 radical (unpaired) electrons. The van der Waals surface area contributed by atoms with Crippen LogP contribution in [-0.2, 0) is 4.74 Å². The second kappa shape index (κ2) is 5.28. The number of hydrogen-bond donors (Lipinski definition) is 1. The average Bonchev–Trinajstić information content (AvgIpc) is 2.67. The maximum atomic E-state index is 5.50. The first-order valence-electron chi connectivity index (χ1n) is 6.32. The maximum absolute atomic E-state index is 5.50. The van der Waals surface area contributed by atoms with Crippen LogP contribution in [0.5, 0.6) is 0 Å². The Hall–Kier alpha value is -0.120. The van der Waals surface area contributed by atoms with Crippen molar-refractivity contribution in [2.24, 2.45) is 5.92 Å². The van der Waals surface area contributed by atoms with Crippen LogP contribution >= 0.6 is 0 Å². The molecule has 3 heteroatoms. The number of nitrogens with one attached hydrogen (secondary N) is 1. The molecule has 88 valence electrons. The van der Waals surface area contributed by atoms with Crippen molar-refractivity contribution in [3.8, 4) is 0 Å². The molecule has 1 N–H and O–H groups in total. The van der Waals surface area contributed by atoms with Gasteiger partial charge in [0.05, 0.1) is 13.2 Å². The van der Waals surface area contributed by atoms with Gasteiger partial charge in [-0.1, -0.05) is 13.8 Å². The second-order valence-electron chi connectivity index (χ2n) is 5.17. The highest BCUT2D eigenvalue weighted by molar-refractivity contribution is 4.85. The molecule has 2 fully saturated rings. The Bertz CT molecular complexity index is 190. The van der Waals surface area contributed by atoms with Crippen molar-refractivity contribution in [2.45, 2.75) is 38.8 Å². The van der Waals surface area contributed by atoms with E-state index < -0.39 is 0 Å². The summed E-state index contributed by atoms with van der Waals surface area (Å²) in [4.78, 5) is 2.65. The Kier molecular flexibility index (Phi) is 4.00. The Morgan fingerprint density at radius 1 is 1.47 bits per heavy atom. The lowest BCUT2D eigenvalue weighted by Gasteiger charge is -2.33. The van der Waals surface area contributed by atoms with E-state index >= 15 is 0 Å². The van der Waals surface area contributed by atoms with Gasteiger partial charge in [0.2, 0.25) is 0 Å². The summed E-state index contributed by atoms with van der Waals surface area (Å²) in [7, 11) is 0. The summed E-state index contributed by atoms with van der Waals surface area (Å²) < 4.78 is 5.50. The van der Waals surface area contributed by atoms with Crippen LogP contribution in [0.3, 0.4) is 0 Å². The number of rotatable bonds is 3. The Morgan fingerprint density at radius 2 is 2.33 bits per heavy atom. The number of hydrogen-bond acceptors (Lipinski definition) is 3. The van der Waals surface area contributed by atoms with E-state index in [-0.39, 0.29) is 0 Å². The van der Waals surface area contributed by atoms with Crippen LogP contribution in [0.1, 0.15) is 26.7 Å². The monoisotopic (exact) mass is 212 g/mol. The van der Waals surface area contributed by atoms with Crippen molar-refractivity contribution in [3.05, 3.63) is 0 Å². The van der Waals surface area contributed by atoms with Crippen molar-refractivity contribution in [1.82, 2.24) is 10.2 Å². The van der Waals surface area contributed by atoms with Gasteiger partial charge in [-0.2, -0.15) is 0 Å². The lowest BCUT2D eigenvalue weighted by molar-refractivity contribution is 0.0566. The molecular formula is C12H24N2O. The molecular weight excluding hydrogens is 188 g/mol. The minimum atomic E-state index is 0.554. The molecule has 0 aromatic carbocycles. The molecule has 0 aromatic rings. The molecule has 2 aliphatic rings. The Labute approximate surface area is 93.2 Å². The van der Waals surface area contributed by atoms with E-state index in [9.17, 15) is 0 Å². The summed E-state index contributed by atoms with van der Waals surface area (Å²) in [6, 6.07) is 1.35. The Morgan fingerprint density at radius 3 is 3.00 bits per heavy atom. The predicted octanol–water partition coefficient (Wildman–Crippen LogP) is 1.10. The van der Waals surface area contributed by atoms with Gasteiger partial charge in [0.15, 0.2) is 0 Å². The second-order valence-corrected chi connectivity index (χ2v) is 5.17. The topological polar surface area (TPSA) is 24.5 Å². The van der Waals surface area contributed by atoms with E-state index in [4.69, 9.17) is 4.74 Å². The summed E-state index contributed by atoms with van der Waals surface area (Å²) in [5.74, 6) is 0.789. The third kappa shape index (κ3) is 2.92. The SMILES string of the molecule is CC(C)C1CCCN1CC1COCCN1. The van der Waals surface area contributed by atoms with Gasteiger partial charge in [-0.3, -0.25) is 4.90 Å². The molecule has 0 saturated carbocycles. The first-order chi connectivity index (χ1) is 7.27. The molecule has 3 nitrogen and oxygen atoms in total. The van der Waals surface area contributed by atoms with Crippen molar-refractivity contribution < 1.29 is 4.74 Å². The standard InChI is InChI=1S/C12H24N2O/c1-10(2)12-4-3-6-14(12)8-11-9-15-7-5-13-11/h10-13H,3-9H2,1-2H3. The van der Waals surface area contributed by atoms with Crippen molar-refractivity contribution in [3.63, 3.8) is 0 Å². The van der Waals surface area contributed by atoms with Crippen molar-refractivity contribution in [1.29, 1.82) is 0 Å². The highest BCUT2D eigenvalue weighted by Gasteiger charge is 2.29. The van der Waals surface area contributed by atoms with Gasteiger partial charge in [0.1, 0.15) is 0 Å². The highest BCUT2D eigenvalue weighted by Crippen LogP contribution is 2.23. The maximum Gasteiger partial charge on any atom is 0.0632 e. The molecule has 2 aliphatic heterocycles. The lowest BCUT2D eigenvalue weighted by Crippen LogP contribution is -2.50. The van der Waals surface area contributed by atoms with E-state index in [0.717, 1.165) is 31.7 Å². The average molecular weight is 212 g/mol. The van der Waals surface area contributed by atoms with Crippen LogP contribution in [0.15, 0.2) is 0 Å². The first-order valence-corrected chi connectivity index (χ1v) is 6.32. The summed E-state index contributed by atoms with van der Waals surface area (Å²) in [5, 5.41) is 3.54. The van der Waals surface area contributed by atoms with Gasteiger partial charge in [-0.25, -0.2) is 0 Å². The van der Waals surface area contributed by atoms with Crippen LogP contribution in [-0.4, -0.2) is 49.8 Å². The molecule has 0 aromatic heterocycles. The fourth-order valence-corrected chi connectivity index (χ4v) is 2.85. The zero-order valence-electron chi connectivity index (χ0n) is 10.0. The minimum absolute atomic E-state index is 0.554. The quantitative estimate of drug-likeness (QED) is 0.758. The van der Waals surface area contributed by atoms with Gasteiger partial charge in [-0.05, 0) is 25.3 Å². The molecule has 2 rings (SSSR count). The van der Waals surface area contributed by atoms with Crippen molar-refractivity contribution >= 4 is 0 Å². The third-order valence-electron chi connectivity index (χ3n) is 3.64. The molecule has 2 heterocycles. The lowest BCUT2D eigenvalue weighted by atomic mass is 10.0. The molecule has 0 amide bonds. The van der Waals surface area contributed by atoms with E-state index in [2.05, 4.69) is 24.1 Å². The zero-order valence-corrected chi connectivity index (χ0v) is 10.0. The smallest absolute Gasteiger partial charge is 0.0632 e. The largest absolute Gasteiger partial charge is 0.378 e. The number of likely N-dealkylation sites (tertiary alicyclic amines) is 1. The first kappa shape index (κ1) is 11.4. The van der Waals surface area contributed by atoms with Gasteiger partial charge < -0.3 is 10.1 Å². The fraction of sp³-hybridized carbons (Fsp3) is 1.00. The van der Waals surface area contributed by atoms with Gasteiger partial charge in [0.25, 0.3) is 0 Å². The molecule has 0 spiro atoms. The predicted molar refractivity (Wildman–Crippen MR) is 62.0 cm³/mol. The molecule has 2 saturated heterocycles. The van der Waals surface area contributed by atoms with E-state index in [1.54, 1.807) is 0 Å². The van der Waals surface area contributed by atoms with Crippen LogP contribution in [0.25, 0.3) is 0 Å². The van der Waals surface area contributed by atoms with Gasteiger partial charge in [0, 0.05) is 25.2 Å². The van der Waals surface area contributed by atoms with Crippen LogP contribution in [0, 0.1) is 5.92 Å². The van der Waals surface area contributed by atoms with Crippen LogP contribution in [0.4, 0.5) is 0 Å². The van der Waals surface area contributed by atoms with Crippen molar-refractivity contribution in [2.75, 3.05) is 32.8 Å². The van der Waals surface area contributed by atoms with E-state index in [1.807, 2.05) is 0 Å². The van der Waals surface area contributed by atoms with E-state index in [1.165, 1.54) is 25.9 Å². The molecule has 0 aliphatic carbocycles. The Balaban J connectivity index is 1.81. The van der Waals surface area contributed by atoms with Crippen LogP contribution in [0.2, 0.25) is 0 Å². The summed E-state index contributed by atoms with van der Waals surface area (Å²) >= 11 is 0. The number of morpholine rings is 1. The summed E-state index contributed by atoms with van der Waals surface area (Å²) in [6.45, 7) is 9.92. The normalized spacial score (nSPS) is 33.8. The molecule has 2 unspecified atom stereocenters. The van der Waals surface area contributed by atoms with E-state index in [0.29, 0.717) is 6.04 Å². The van der Waals surface area contributed by atoms with Crippen LogP contribution < -0.4 is 5.32 Å². The molecule has 0 bridgehead atoms. The molecule has 15 heavy (non-hydrogen) atoms. The minimum Gasteiger partial charge on any atom is -0.378 e. The van der Waals surface area contributed by atoms with Gasteiger partial charge in [-0.15, -0.1) is 0 Å². The third-order valence-corrected chi connectivity index (χ3v) is 3.64.